The Morgan fingerprint density at radius 3 is 2.79 bits per heavy atom. The van der Waals surface area contributed by atoms with Gasteiger partial charge in [-0.1, -0.05) is 5.16 Å². The fourth-order valence-electron chi connectivity index (χ4n) is 0.896. The van der Waals surface area contributed by atoms with E-state index in [1.807, 2.05) is 0 Å². The fourth-order valence-corrected chi connectivity index (χ4v) is 0.896. The van der Waals surface area contributed by atoms with Gasteiger partial charge in [-0.3, -0.25) is 0 Å². The summed E-state index contributed by atoms with van der Waals surface area (Å²) in [6, 6.07) is 0. The van der Waals surface area contributed by atoms with E-state index in [0.29, 0.717) is 12.2 Å². The second kappa shape index (κ2) is 3.42. The normalized spacial score (nSPS) is 10.6. The Bertz CT molecular complexity index is 423. The average Bonchev–Trinajstić information content (AvgIpc) is 2.74. The van der Waals surface area contributed by atoms with E-state index in [2.05, 4.69) is 25.1 Å². The maximum atomic E-state index is 8.62. The van der Waals surface area contributed by atoms with E-state index in [1.165, 1.54) is 0 Å². The monoisotopic (exact) mass is 197 g/mol. The zero-order valence-electron chi connectivity index (χ0n) is 7.04. The first-order valence-electron chi connectivity index (χ1n) is 3.83. The van der Waals surface area contributed by atoms with E-state index in [0.717, 1.165) is 0 Å². The van der Waals surface area contributed by atoms with Crippen molar-refractivity contribution < 1.29 is 14.3 Å². The molecule has 0 aromatic carbocycles. The highest BCUT2D eigenvalue weighted by Crippen LogP contribution is 2.19. The maximum absolute atomic E-state index is 8.62. The molecule has 2 aromatic rings. The number of aliphatic hydroxyl groups is 1. The number of aromatic nitrogens is 4. The Hall–Kier alpha value is -1.96. The molecule has 3 N–H and O–H groups in total. The third-order valence-electron chi connectivity index (χ3n) is 1.52. The van der Waals surface area contributed by atoms with Crippen LogP contribution in [-0.2, 0) is 6.42 Å². The van der Waals surface area contributed by atoms with Gasteiger partial charge in [0, 0.05) is 6.42 Å². The van der Waals surface area contributed by atoms with Gasteiger partial charge >= 0.3 is 0 Å². The molecule has 2 rings (SSSR count). The van der Waals surface area contributed by atoms with Gasteiger partial charge in [-0.25, -0.2) is 4.63 Å². The quantitative estimate of drug-likeness (QED) is 0.657. The second-order valence-corrected chi connectivity index (χ2v) is 2.49. The van der Waals surface area contributed by atoms with E-state index in [4.69, 9.17) is 15.4 Å². The van der Waals surface area contributed by atoms with Gasteiger partial charge in [-0.05, 0) is 10.3 Å². The zero-order valence-corrected chi connectivity index (χ0v) is 7.04. The number of nitrogens with two attached hydrogens (primary N) is 1. The lowest BCUT2D eigenvalue weighted by molar-refractivity contribution is 0.293. The number of hydrogen-bond donors (Lipinski definition) is 2. The molecule has 0 aliphatic carbocycles. The molecule has 0 fully saturated rings. The largest absolute Gasteiger partial charge is 0.396 e. The summed E-state index contributed by atoms with van der Waals surface area (Å²) in [6.45, 7) is -0.0501. The first-order chi connectivity index (χ1) is 6.81. The maximum Gasteiger partial charge on any atom is 0.284 e. The lowest BCUT2D eigenvalue weighted by Crippen LogP contribution is -1.93. The van der Waals surface area contributed by atoms with E-state index in [9.17, 15) is 0 Å². The minimum atomic E-state index is -0.0501. The third kappa shape index (κ3) is 1.42. The minimum absolute atomic E-state index is 0.0501. The van der Waals surface area contributed by atoms with Crippen molar-refractivity contribution in [3.05, 3.63) is 5.82 Å². The molecule has 0 bridgehead atoms. The van der Waals surface area contributed by atoms with E-state index < -0.39 is 0 Å². The van der Waals surface area contributed by atoms with Crippen LogP contribution in [0.3, 0.4) is 0 Å². The molecule has 0 amide bonds. The van der Waals surface area contributed by atoms with Crippen molar-refractivity contribution in [2.24, 2.45) is 0 Å². The number of nitrogen functional groups attached to an aromatic ring is 1. The highest BCUT2D eigenvalue weighted by molar-refractivity contribution is 5.60. The van der Waals surface area contributed by atoms with Crippen LogP contribution in [0.25, 0.3) is 11.6 Å². The molecule has 74 valence electrons. The predicted octanol–water partition coefficient (Wildman–Crippen LogP) is -0.763. The van der Waals surface area contributed by atoms with Crippen molar-refractivity contribution in [1.82, 2.24) is 20.5 Å². The van der Waals surface area contributed by atoms with Crippen LogP contribution in [0.5, 0.6) is 0 Å². The smallest absolute Gasteiger partial charge is 0.284 e. The number of rotatable bonds is 3. The summed E-state index contributed by atoms with van der Waals surface area (Å²) < 4.78 is 9.19. The fraction of sp³-hybridized carbons (Fsp3) is 0.333. The van der Waals surface area contributed by atoms with Gasteiger partial charge in [-0.2, -0.15) is 4.98 Å². The van der Waals surface area contributed by atoms with Gasteiger partial charge in [0.25, 0.3) is 5.89 Å². The molecule has 0 unspecified atom stereocenters. The standard InChI is InChI=1S/C6H7N5O3/c7-5-4(10-14-11-5)6-8-3(1-2-12)9-13-6/h12H,1-2H2,(H2,7,11). The molecular weight excluding hydrogens is 190 g/mol. The molecule has 2 aromatic heterocycles. The summed E-state index contributed by atoms with van der Waals surface area (Å²) >= 11 is 0. The molecule has 0 saturated heterocycles. The van der Waals surface area contributed by atoms with Crippen molar-refractivity contribution in [3.63, 3.8) is 0 Å². The predicted molar refractivity (Wildman–Crippen MR) is 42.8 cm³/mol. The summed E-state index contributed by atoms with van der Waals surface area (Å²) in [6.07, 6.45) is 0.314. The van der Waals surface area contributed by atoms with Crippen LogP contribution < -0.4 is 5.73 Å². The number of hydrogen-bond acceptors (Lipinski definition) is 8. The highest BCUT2D eigenvalue weighted by Gasteiger charge is 2.16. The number of anilines is 1. The summed E-state index contributed by atoms with van der Waals surface area (Å²) in [5.41, 5.74) is 5.62. The van der Waals surface area contributed by atoms with Gasteiger partial charge in [0.05, 0.1) is 6.61 Å². The molecular formula is C6H7N5O3. The molecule has 0 aliphatic heterocycles. The first-order valence-corrected chi connectivity index (χ1v) is 3.83. The molecule has 0 atom stereocenters. The minimum Gasteiger partial charge on any atom is -0.396 e. The van der Waals surface area contributed by atoms with Gasteiger partial charge < -0.3 is 15.4 Å². The van der Waals surface area contributed by atoms with Crippen LogP contribution in [0.1, 0.15) is 5.82 Å². The molecule has 14 heavy (non-hydrogen) atoms. The lowest BCUT2D eigenvalue weighted by atomic mass is 10.4. The van der Waals surface area contributed by atoms with Crippen LogP contribution in [0.4, 0.5) is 5.82 Å². The van der Waals surface area contributed by atoms with Crippen molar-refractivity contribution in [3.8, 4) is 11.6 Å². The Morgan fingerprint density at radius 2 is 2.14 bits per heavy atom. The summed E-state index contributed by atoms with van der Waals surface area (Å²) in [5, 5.41) is 19.1. The molecule has 0 radical (unpaired) electrons. The van der Waals surface area contributed by atoms with Gasteiger partial charge in [0.1, 0.15) is 0 Å². The highest BCUT2D eigenvalue weighted by atomic mass is 16.6. The van der Waals surface area contributed by atoms with Crippen LogP contribution in [0.2, 0.25) is 0 Å². The Labute approximate surface area is 77.7 Å². The number of aliphatic hydroxyl groups excluding tert-OH is 1. The zero-order chi connectivity index (χ0) is 9.97. The second-order valence-electron chi connectivity index (χ2n) is 2.49. The van der Waals surface area contributed by atoms with Crippen molar-refractivity contribution in [2.75, 3.05) is 12.3 Å². The lowest BCUT2D eigenvalue weighted by Gasteiger charge is -1.84. The molecule has 8 nitrogen and oxygen atoms in total. The first kappa shape index (κ1) is 8.63. The summed E-state index contributed by atoms with van der Waals surface area (Å²) in [5.74, 6) is 0.598. The summed E-state index contributed by atoms with van der Waals surface area (Å²) in [4.78, 5) is 3.92. The van der Waals surface area contributed by atoms with Gasteiger partial charge in [0.2, 0.25) is 11.5 Å². The van der Waals surface area contributed by atoms with Gasteiger partial charge in [-0.15, -0.1) is 0 Å². The van der Waals surface area contributed by atoms with E-state index >= 15 is 0 Å². The topological polar surface area (TPSA) is 124 Å². The van der Waals surface area contributed by atoms with Crippen LogP contribution in [0, 0.1) is 0 Å². The Morgan fingerprint density at radius 1 is 1.29 bits per heavy atom. The van der Waals surface area contributed by atoms with E-state index in [-0.39, 0.29) is 24.0 Å². The SMILES string of the molecule is Nc1nonc1-c1nc(CCO)no1. The summed E-state index contributed by atoms with van der Waals surface area (Å²) in [7, 11) is 0. The molecule has 2 heterocycles. The molecule has 8 heteroatoms. The molecule has 0 spiro atoms. The van der Waals surface area contributed by atoms with Crippen molar-refractivity contribution in [1.29, 1.82) is 0 Å². The van der Waals surface area contributed by atoms with Crippen molar-refractivity contribution >= 4 is 5.82 Å². The van der Waals surface area contributed by atoms with Crippen LogP contribution in [-0.4, -0.2) is 32.2 Å². The molecule has 0 saturated carbocycles. The van der Waals surface area contributed by atoms with E-state index in [1.54, 1.807) is 0 Å². The van der Waals surface area contributed by atoms with Crippen molar-refractivity contribution in [2.45, 2.75) is 6.42 Å². The third-order valence-corrected chi connectivity index (χ3v) is 1.52. The average molecular weight is 197 g/mol. The van der Waals surface area contributed by atoms with Crippen LogP contribution in [0.15, 0.2) is 9.15 Å². The van der Waals surface area contributed by atoms with Crippen LogP contribution >= 0.6 is 0 Å². The Kier molecular flexibility index (Phi) is 2.11. The number of nitrogens with zero attached hydrogens (tertiary/aromatic N) is 4. The van der Waals surface area contributed by atoms with Gasteiger partial charge in [0.15, 0.2) is 5.82 Å². The molecule has 0 aliphatic rings. The Balaban J connectivity index is 2.29.